The highest BCUT2D eigenvalue weighted by Gasteiger charge is 2.41. The van der Waals surface area contributed by atoms with E-state index in [2.05, 4.69) is 24.1 Å². The molecular weight excluding hydrogens is 386 g/mol. The van der Waals surface area contributed by atoms with E-state index in [-0.39, 0.29) is 17.2 Å². The second-order valence-corrected chi connectivity index (χ2v) is 8.79. The maximum absolute atomic E-state index is 13.2. The number of nitrogens with one attached hydrogen (secondary N) is 1. The second kappa shape index (κ2) is 6.52. The van der Waals surface area contributed by atoms with Gasteiger partial charge in [-0.15, -0.1) is 5.10 Å². The zero-order valence-corrected chi connectivity index (χ0v) is 16.9. The summed E-state index contributed by atoms with van der Waals surface area (Å²) in [4.78, 5) is 22.0. The fourth-order valence-corrected chi connectivity index (χ4v) is 4.40. The van der Waals surface area contributed by atoms with Gasteiger partial charge in [0.25, 0.3) is 0 Å². The highest BCUT2D eigenvalue weighted by atomic mass is 35.5. The highest BCUT2D eigenvalue weighted by molar-refractivity contribution is 6.30. The summed E-state index contributed by atoms with van der Waals surface area (Å²) in [6, 6.07) is 11.0. The average molecular weight is 406 g/mol. The summed E-state index contributed by atoms with van der Waals surface area (Å²) in [5, 5.41) is 8.78. The van der Waals surface area contributed by atoms with E-state index in [1.807, 2.05) is 36.4 Å². The van der Waals surface area contributed by atoms with Crippen LogP contribution in [0.15, 0.2) is 60.1 Å². The molecule has 3 heterocycles. The Balaban J connectivity index is 1.68. The van der Waals surface area contributed by atoms with Gasteiger partial charge in [0.05, 0.1) is 0 Å². The van der Waals surface area contributed by atoms with Gasteiger partial charge in [-0.25, -0.2) is 4.68 Å². The van der Waals surface area contributed by atoms with Crippen LogP contribution in [0.3, 0.4) is 0 Å². The molecule has 1 aromatic carbocycles. The van der Waals surface area contributed by atoms with E-state index in [1.54, 1.807) is 17.1 Å². The van der Waals surface area contributed by atoms with Crippen LogP contribution in [0.4, 0.5) is 5.95 Å². The Morgan fingerprint density at radius 1 is 1.17 bits per heavy atom. The van der Waals surface area contributed by atoms with Crippen molar-refractivity contribution in [2.45, 2.75) is 32.7 Å². The Morgan fingerprint density at radius 3 is 2.72 bits per heavy atom. The number of nitrogens with zero attached hydrogens (tertiary/aromatic N) is 4. The molecular formula is C22H20ClN5O. The van der Waals surface area contributed by atoms with Crippen molar-refractivity contribution in [3.63, 3.8) is 0 Å². The molecule has 0 saturated heterocycles. The number of ketones is 1. The molecule has 0 fully saturated rings. The van der Waals surface area contributed by atoms with E-state index in [1.165, 1.54) is 0 Å². The van der Waals surface area contributed by atoms with Crippen molar-refractivity contribution in [2.75, 3.05) is 5.32 Å². The standard InChI is InChI=1S/C22H20ClN5O/c1-22(2)11-16-18(17(29)12-22)19(13-6-8-24-9-7-13)28-21(25-16)26-20(27-28)14-4-3-5-15(23)10-14/h3-10,19H,11-12H2,1-2H3,(H,25,26,27). The lowest BCUT2D eigenvalue weighted by Gasteiger charge is -2.38. The molecule has 2 aliphatic rings. The summed E-state index contributed by atoms with van der Waals surface area (Å²) in [7, 11) is 0. The molecule has 0 spiro atoms. The quantitative estimate of drug-likeness (QED) is 0.671. The number of benzene rings is 1. The third kappa shape index (κ3) is 3.13. The summed E-state index contributed by atoms with van der Waals surface area (Å²) in [6.07, 6.45) is 4.78. The van der Waals surface area contributed by atoms with Crippen molar-refractivity contribution in [1.29, 1.82) is 0 Å². The summed E-state index contributed by atoms with van der Waals surface area (Å²) in [6.45, 7) is 4.24. The Labute approximate surface area is 173 Å². The van der Waals surface area contributed by atoms with Crippen molar-refractivity contribution in [1.82, 2.24) is 19.7 Å². The molecule has 0 radical (unpaired) electrons. The van der Waals surface area contributed by atoms with Crippen molar-refractivity contribution in [3.05, 3.63) is 70.6 Å². The Bertz CT molecular complexity index is 1150. The number of pyridine rings is 1. The molecule has 1 aliphatic carbocycles. The Hall–Kier alpha value is -2.99. The molecule has 1 atom stereocenters. The minimum absolute atomic E-state index is 0.0936. The first-order valence-corrected chi connectivity index (χ1v) is 9.95. The van der Waals surface area contributed by atoms with Gasteiger partial charge in [-0.1, -0.05) is 37.6 Å². The number of hydrogen-bond acceptors (Lipinski definition) is 5. The zero-order chi connectivity index (χ0) is 20.2. The summed E-state index contributed by atoms with van der Waals surface area (Å²) in [5.74, 6) is 1.35. The normalized spacial score (nSPS) is 20.1. The zero-order valence-electron chi connectivity index (χ0n) is 16.2. The number of Topliss-reactive ketones (excluding diaryl/α,β-unsaturated/α-hetero) is 1. The number of aromatic nitrogens is 4. The van der Waals surface area contributed by atoms with Crippen LogP contribution in [0.1, 0.15) is 38.3 Å². The van der Waals surface area contributed by atoms with Gasteiger partial charge in [0.15, 0.2) is 11.6 Å². The van der Waals surface area contributed by atoms with Crippen LogP contribution in [-0.4, -0.2) is 25.5 Å². The summed E-state index contributed by atoms with van der Waals surface area (Å²) >= 11 is 6.16. The third-order valence-corrected chi connectivity index (χ3v) is 5.67. The lowest BCUT2D eigenvalue weighted by Crippen LogP contribution is -2.36. The molecule has 146 valence electrons. The number of rotatable bonds is 2. The van der Waals surface area contributed by atoms with Gasteiger partial charge in [-0.2, -0.15) is 4.98 Å². The molecule has 1 N–H and O–H groups in total. The van der Waals surface area contributed by atoms with Gasteiger partial charge < -0.3 is 5.32 Å². The van der Waals surface area contributed by atoms with Crippen LogP contribution in [0, 0.1) is 5.41 Å². The molecule has 6 nitrogen and oxygen atoms in total. The molecule has 1 aliphatic heterocycles. The molecule has 1 unspecified atom stereocenters. The van der Waals surface area contributed by atoms with E-state index in [0.29, 0.717) is 23.2 Å². The molecule has 5 rings (SSSR count). The van der Waals surface area contributed by atoms with Crippen molar-refractivity contribution in [3.8, 4) is 11.4 Å². The fourth-order valence-electron chi connectivity index (χ4n) is 4.21. The fraction of sp³-hybridized carbons (Fsp3) is 0.273. The van der Waals surface area contributed by atoms with E-state index in [0.717, 1.165) is 28.8 Å². The predicted molar refractivity (Wildman–Crippen MR) is 112 cm³/mol. The van der Waals surface area contributed by atoms with Crippen molar-refractivity contribution < 1.29 is 4.79 Å². The van der Waals surface area contributed by atoms with Gasteiger partial charge >= 0.3 is 0 Å². The van der Waals surface area contributed by atoms with Crippen molar-refractivity contribution in [2.24, 2.45) is 5.41 Å². The van der Waals surface area contributed by atoms with Gasteiger partial charge in [-0.05, 0) is 41.7 Å². The monoisotopic (exact) mass is 405 g/mol. The van der Waals surface area contributed by atoms with Crippen LogP contribution in [0.2, 0.25) is 5.02 Å². The number of carbonyl (C=O) groups is 1. The number of anilines is 1. The summed E-state index contributed by atoms with van der Waals surface area (Å²) in [5.41, 5.74) is 3.41. The second-order valence-electron chi connectivity index (χ2n) is 8.36. The maximum Gasteiger partial charge on any atom is 0.226 e. The number of carbonyl (C=O) groups excluding carboxylic acids is 1. The van der Waals surface area contributed by atoms with Gasteiger partial charge in [0.1, 0.15) is 6.04 Å². The highest BCUT2D eigenvalue weighted by Crippen LogP contribution is 2.45. The predicted octanol–water partition coefficient (Wildman–Crippen LogP) is 4.65. The third-order valence-electron chi connectivity index (χ3n) is 5.44. The summed E-state index contributed by atoms with van der Waals surface area (Å²) < 4.78 is 1.81. The lowest BCUT2D eigenvalue weighted by molar-refractivity contribution is -0.118. The molecule has 0 saturated carbocycles. The molecule has 2 aromatic heterocycles. The first kappa shape index (κ1) is 18.1. The number of halogens is 1. The van der Waals surface area contributed by atoms with Crippen molar-refractivity contribution >= 4 is 23.3 Å². The van der Waals surface area contributed by atoms with Crippen LogP contribution in [-0.2, 0) is 4.79 Å². The Kier molecular flexibility index (Phi) is 4.06. The number of fused-ring (bicyclic) bond motifs is 1. The molecule has 0 bridgehead atoms. The first-order chi connectivity index (χ1) is 13.9. The topological polar surface area (TPSA) is 72.7 Å². The van der Waals surface area contributed by atoms with Crippen LogP contribution < -0.4 is 5.32 Å². The lowest BCUT2D eigenvalue weighted by atomic mass is 9.73. The Morgan fingerprint density at radius 2 is 1.97 bits per heavy atom. The molecule has 7 heteroatoms. The van der Waals surface area contributed by atoms with E-state index < -0.39 is 0 Å². The molecule has 3 aromatic rings. The maximum atomic E-state index is 13.2. The first-order valence-electron chi connectivity index (χ1n) is 9.57. The minimum Gasteiger partial charge on any atom is -0.328 e. The van der Waals surface area contributed by atoms with E-state index in [4.69, 9.17) is 21.7 Å². The van der Waals surface area contributed by atoms with Gasteiger partial charge in [-0.3, -0.25) is 9.78 Å². The van der Waals surface area contributed by atoms with Crippen LogP contribution in [0.25, 0.3) is 11.4 Å². The van der Waals surface area contributed by atoms with Gasteiger partial charge in [0, 0.05) is 40.7 Å². The van der Waals surface area contributed by atoms with Crippen LogP contribution in [0.5, 0.6) is 0 Å². The number of allylic oxidation sites excluding steroid dienone is 2. The minimum atomic E-state index is -0.326. The van der Waals surface area contributed by atoms with Crippen LogP contribution >= 0.6 is 11.6 Å². The SMILES string of the molecule is CC1(C)CC(=O)C2=C(C1)Nc1nc(-c3cccc(Cl)c3)nn1C2c1ccncc1. The van der Waals surface area contributed by atoms with E-state index >= 15 is 0 Å². The van der Waals surface area contributed by atoms with E-state index in [9.17, 15) is 4.79 Å². The largest absolute Gasteiger partial charge is 0.328 e. The van der Waals surface area contributed by atoms with Gasteiger partial charge in [0.2, 0.25) is 5.95 Å². The molecule has 0 amide bonds. The number of hydrogen-bond donors (Lipinski definition) is 1. The smallest absolute Gasteiger partial charge is 0.226 e. The molecule has 29 heavy (non-hydrogen) atoms. The average Bonchev–Trinajstić information content (AvgIpc) is 3.10.